The van der Waals surface area contributed by atoms with Crippen molar-refractivity contribution in [1.82, 2.24) is 34.6 Å². The highest BCUT2D eigenvalue weighted by Crippen LogP contribution is 2.35. The van der Waals surface area contributed by atoms with Crippen LogP contribution in [0.2, 0.25) is 10.0 Å². The molecule has 2 aromatic heterocycles. The predicted octanol–water partition coefficient (Wildman–Crippen LogP) is 6.47. The first kappa shape index (κ1) is 31.3. The molecule has 11 heteroatoms. The number of carbonyl (C=O) groups is 2. The Bertz CT molecular complexity index is 1740. The molecular formula is C34H39Cl2N7O2. The molecule has 2 aliphatic rings. The van der Waals surface area contributed by atoms with Crippen LogP contribution in [-0.4, -0.2) is 71.6 Å². The third-order valence-electron chi connectivity index (χ3n) is 9.66. The zero-order valence-electron chi connectivity index (χ0n) is 26.3. The maximum absolute atomic E-state index is 13.8. The van der Waals surface area contributed by atoms with Gasteiger partial charge in [-0.1, -0.05) is 40.5 Å². The van der Waals surface area contributed by atoms with Gasteiger partial charge >= 0.3 is 0 Å². The van der Waals surface area contributed by atoms with Gasteiger partial charge in [0.1, 0.15) is 5.69 Å². The predicted molar refractivity (Wildman–Crippen MR) is 175 cm³/mol. The molecule has 6 rings (SSSR count). The van der Waals surface area contributed by atoms with Gasteiger partial charge in [0.2, 0.25) is 0 Å². The van der Waals surface area contributed by atoms with Crippen LogP contribution in [0.4, 0.5) is 0 Å². The van der Waals surface area contributed by atoms with Crippen molar-refractivity contribution in [3.8, 4) is 0 Å². The molecule has 0 aliphatic carbocycles. The van der Waals surface area contributed by atoms with Crippen LogP contribution in [0.1, 0.15) is 87.6 Å². The van der Waals surface area contributed by atoms with Gasteiger partial charge in [0.05, 0.1) is 34.5 Å². The number of benzene rings is 2. The second-order valence-electron chi connectivity index (χ2n) is 12.7. The third kappa shape index (κ3) is 6.38. The number of amides is 2. The SMILES string of the molecule is Cc1nn(Cc2cn(C3CCN(C(=O)c4cccc(C(=O)N5CCCC5(C)Cc5ccc(Cl)c(Cl)c5)c4)CC3)nn2)c(C)c1C. The van der Waals surface area contributed by atoms with Gasteiger partial charge in [-0.3, -0.25) is 14.3 Å². The Hall–Kier alpha value is -3.69. The lowest BCUT2D eigenvalue weighted by molar-refractivity contribution is 0.0624. The lowest BCUT2D eigenvalue weighted by Crippen LogP contribution is -2.46. The Morgan fingerprint density at radius 2 is 1.69 bits per heavy atom. The van der Waals surface area contributed by atoms with E-state index in [1.54, 1.807) is 30.3 Å². The van der Waals surface area contributed by atoms with Crippen LogP contribution >= 0.6 is 23.2 Å². The molecule has 0 spiro atoms. The maximum Gasteiger partial charge on any atom is 0.254 e. The molecule has 0 saturated carbocycles. The van der Waals surface area contributed by atoms with E-state index in [0.29, 0.717) is 53.8 Å². The summed E-state index contributed by atoms with van der Waals surface area (Å²) in [5.74, 6) is -0.108. The fraction of sp³-hybridized carbons (Fsp3) is 0.441. The van der Waals surface area contributed by atoms with Crippen LogP contribution in [0.5, 0.6) is 0 Å². The van der Waals surface area contributed by atoms with Crippen molar-refractivity contribution < 1.29 is 9.59 Å². The molecule has 4 aromatic rings. The third-order valence-corrected chi connectivity index (χ3v) is 10.4. The fourth-order valence-corrected chi connectivity index (χ4v) is 7.08. The maximum atomic E-state index is 13.8. The van der Waals surface area contributed by atoms with Crippen molar-refractivity contribution in [2.24, 2.45) is 0 Å². The van der Waals surface area contributed by atoms with E-state index in [1.165, 1.54) is 5.56 Å². The molecule has 4 heterocycles. The van der Waals surface area contributed by atoms with Crippen molar-refractivity contribution in [2.45, 2.75) is 77.9 Å². The summed E-state index contributed by atoms with van der Waals surface area (Å²) in [6.45, 7) is 10.8. The highest BCUT2D eigenvalue weighted by Gasteiger charge is 2.40. The van der Waals surface area contributed by atoms with E-state index in [-0.39, 0.29) is 23.4 Å². The molecule has 1 atom stereocenters. The van der Waals surface area contributed by atoms with Gasteiger partial charge in [0, 0.05) is 42.0 Å². The quantitative estimate of drug-likeness (QED) is 0.229. The van der Waals surface area contributed by atoms with Gasteiger partial charge in [-0.15, -0.1) is 5.10 Å². The summed E-state index contributed by atoms with van der Waals surface area (Å²) in [5.41, 5.74) is 5.99. The molecule has 0 radical (unpaired) electrons. The van der Waals surface area contributed by atoms with Gasteiger partial charge in [-0.25, -0.2) is 4.68 Å². The second kappa shape index (κ2) is 12.6. The standard InChI is InChI=1S/C34H39Cl2N7O2/c1-22-23(2)38-42(24(22)3)20-28-21-43(39-37-28)29-11-15-40(16-12-29)32(44)26-7-5-8-27(18-26)33(45)41-14-6-13-34(41,4)19-25-9-10-30(35)31(36)17-25/h5,7-10,17-18,21,29H,6,11-16,19-20H2,1-4H3. The first-order chi connectivity index (χ1) is 21.5. The average molecular weight is 649 g/mol. The summed E-state index contributed by atoms with van der Waals surface area (Å²) in [6, 6.07) is 13.0. The summed E-state index contributed by atoms with van der Waals surface area (Å²) in [6.07, 6.45) is 6.06. The molecule has 2 amide bonds. The van der Waals surface area contributed by atoms with Crippen LogP contribution in [0, 0.1) is 20.8 Å². The number of hydrogen-bond donors (Lipinski definition) is 0. The number of rotatable bonds is 7. The zero-order chi connectivity index (χ0) is 31.9. The van der Waals surface area contributed by atoms with E-state index in [9.17, 15) is 9.59 Å². The number of aromatic nitrogens is 5. The molecule has 9 nitrogen and oxygen atoms in total. The molecule has 0 bridgehead atoms. The number of carbonyl (C=O) groups excluding carboxylic acids is 2. The van der Waals surface area contributed by atoms with Gasteiger partial charge in [0.15, 0.2) is 0 Å². The van der Waals surface area contributed by atoms with Crippen molar-refractivity contribution in [3.05, 3.63) is 98.0 Å². The van der Waals surface area contributed by atoms with Gasteiger partial charge in [0.25, 0.3) is 11.8 Å². The van der Waals surface area contributed by atoms with E-state index in [4.69, 9.17) is 23.2 Å². The monoisotopic (exact) mass is 647 g/mol. The van der Waals surface area contributed by atoms with Gasteiger partial charge in [-0.2, -0.15) is 5.10 Å². The summed E-state index contributed by atoms with van der Waals surface area (Å²) in [4.78, 5) is 31.2. The topological polar surface area (TPSA) is 89.2 Å². The minimum atomic E-state index is -0.355. The van der Waals surface area contributed by atoms with Crippen molar-refractivity contribution in [1.29, 1.82) is 0 Å². The molecule has 0 N–H and O–H groups in total. The van der Waals surface area contributed by atoms with E-state index in [1.807, 2.05) is 44.4 Å². The number of piperidine rings is 1. The van der Waals surface area contributed by atoms with E-state index in [0.717, 1.165) is 48.3 Å². The Labute approximate surface area is 274 Å². The highest BCUT2D eigenvalue weighted by atomic mass is 35.5. The number of aryl methyl sites for hydroxylation is 1. The molecule has 1 unspecified atom stereocenters. The summed E-state index contributed by atoms with van der Waals surface area (Å²) >= 11 is 12.4. The second-order valence-corrected chi connectivity index (χ2v) is 13.5. The normalized spacial score (nSPS) is 19.0. The first-order valence-electron chi connectivity index (χ1n) is 15.6. The van der Waals surface area contributed by atoms with Crippen molar-refractivity contribution in [2.75, 3.05) is 19.6 Å². The lowest BCUT2D eigenvalue weighted by Gasteiger charge is -2.36. The van der Waals surface area contributed by atoms with Gasteiger partial charge in [-0.05, 0) is 101 Å². The highest BCUT2D eigenvalue weighted by molar-refractivity contribution is 6.42. The average Bonchev–Trinajstić information content (AvgIpc) is 3.73. The molecule has 236 valence electrons. The summed E-state index contributed by atoms with van der Waals surface area (Å²) in [7, 11) is 0. The van der Waals surface area contributed by atoms with E-state index >= 15 is 0 Å². The summed E-state index contributed by atoms with van der Waals surface area (Å²) in [5, 5.41) is 14.4. The minimum absolute atomic E-state index is 0.0535. The number of halogens is 2. The van der Waals surface area contributed by atoms with Gasteiger partial charge < -0.3 is 9.80 Å². The van der Waals surface area contributed by atoms with Crippen LogP contribution in [0.3, 0.4) is 0 Å². The van der Waals surface area contributed by atoms with Crippen LogP contribution < -0.4 is 0 Å². The lowest BCUT2D eigenvalue weighted by atomic mass is 9.89. The number of likely N-dealkylation sites (tertiary alicyclic amines) is 2. The van der Waals surface area contributed by atoms with Crippen LogP contribution in [0.25, 0.3) is 0 Å². The molecule has 2 aromatic carbocycles. The minimum Gasteiger partial charge on any atom is -0.338 e. The van der Waals surface area contributed by atoms with E-state index < -0.39 is 0 Å². The van der Waals surface area contributed by atoms with E-state index in [2.05, 4.69) is 36.2 Å². The Morgan fingerprint density at radius 1 is 0.956 bits per heavy atom. The largest absolute Gasteiger partial charge is 0.338 e. The number of hydrogen-bond acceptors (Lipinski definition) is 5. The Morgan fingerprint density at radius 3 is 2.38 bits per heavy atom. The van der Waals surface area contributed by atoms with Crippen LogP contribution in [0.15, 0.2) is 48.7 Å². The van der Waals surface area contributed by atoms with Crippen molar-refractivity contribution >= 4 is 35.0 Å². The van der Waals surface area contributed by atoms with Crippen molar-refractivity contribution in [3.63, 3.8) is 0 Å². The van der Waals surface area contributed by atoms with Crippen LogP contribution in [-0.2, 0) is 13.0 Å². The molecule has 2 aliphatic heterocycles. The number of nitrogens with zero attached hydrogens (tertiary/aromatic N) is 7. The Kier molecular flexibility index (Phi) is 8.76. The molecule has 2 saturated heterocycles. The summed E-state index contributed by atoms with van der Waals surface area (Å²) < 4.78 is 3.90. The fourth-order valence-electron chi connectivity index (χ4n) is 6.76. The smallest absolute Gasteiger partial charge is 0.254 e. The zero-order valence-corrected chi connectivity index (χ0v) is 27.8. The first-order valence-corrected chi connectivity index (χ1v) is 16.3. The molecule has 2 fully saturated rings. The Balaban J connectivity index is 1.08. The molecule has 45 heavy (non-hydrogen) atoms. The molecular weight excluding hydrogens is 609 g/mol.